The average Bonchev–Trinajstić information content (AvgIpc) is 2.21. The van der Waals surface area contributed by atoms with E-state index in [1.807, 2.05) is 0 Å². The van der Waals surface area contributed by atoms with E-state index in [1.165, 1.54) is 0 Å². The van der Waals surface area contributed by atoms with E-state index in [0.29, 0.717) is 0 Å². The van der Waals surface area contributed by atoms with Crippen LogP contribution in [0.15, 0.2) is 60.7 Å². The van der Waals surface area contributed by atoms with Crippen molar-refractivity contribution in [1.82, 2.24) is 0 Å². The molecule has 2 rings (SSSR count). The molecule has 2 radical (unpaired) electrons. The summed E-state index contributed by atoms with van der Waals surface area (Å²) in [6, 6.07) is 21.7. The van der Waals surface area contributed by atoms with E-state index < -0.39 is 24.2 Å². The topological polar surface area (TPSA) is 63.0 Å². The average molecular weight is 397 g/mol. The van der Waals surface area contributed by atoms with E-state index in [-0.39, 0.29) is 11.0 Å². The fourth-order valence-corrected chi connectivity index (χ4v) is 5.30. The molecule has 0 bridgehead atoms. The Hall–Kier alpha value is -0.718. The molecule has 0 saturated carbocycles. The van der Waals surface area contributed by atoms with Crippen LogP contribution in [0.25, 0.3) is 0 Å². The predicted molar refractivity (Wildman–Crippen MR) is 65.1 cm³/mol. The molecule has 15 heavy (non-hydrogen) atoms. The van der Waals surface area contributed by atoms with Crippen molar-refractivity contribution >= 4 is 30.5 Å². The zero-order valence-corrected chi connectivity index (χ0v) is 12.2. The summed E-state index contributed by atoms with van der Waals surface area (Å²) in [6.07, 6.45) is 0. The summed E-state index contributed by atoms with van der Waals surface area (Å²) in [5, 5.41) is 0. The molecule has 0 aliphatic heterocycles. The van der Waals surface area contributed by atoms with Crippen molar-refractivity contribution < 1.29 is 11.0 Å². The van der Waals surface area contributed by atoms with Gasteiger partial charge in [-0.15, -0.1) is 0 Å². The van der Waals surface area contributed by atoms with E-state index in [0.717, 1.165) is 0 Å². The third-order valence-corrected chi connectivity index (χ3v) is 6.67. The van der Waals surface area contributed by atoms with E-state index in [2.05, 4.69) is 60.7 Å². The van der Waals surface area contributed by atoms with Gasteiger partial charge in [0.1, 0.15) is 0 Å². The van der Waals surface area contributed by atoms with Crippen LogP contribution in [0.1, 0.15) is 0 Å². The molecule has 2 nitrogen and oxygen atoms in total. The molecule has 0 spiro atoms. The Morgan fingerprint density at radius 1 is 0.533 bits per heavy atom. The van der Waals surface area contributed by atoms with E-state index in [4.69, 9.17) is 0 Å². The Balaban J connectivity index is 0.000000980. The van der Waals surface area contributed by atoms with Gasteiger partial charge in [-0.25, -0.2) is 0 Å². The molecule has 4 N–H and O–H groups in total. The van der Waals surface area contributed by atoms with Crippen LogP contribution in [-0.2, 0) is 0 Å². The number of hydrogen-bond donors (Lipinski definition) is 0. The Morgan fingerprint density at radius 2 is 0.867 bits per heavy atom. The third kappa shape index (κ3) is 4.55. The van der Waals surface area contributed by atoms with Crippen LogP contribution in [-0.4, -0.2) is 35.2 Å². The van der Waals surface area contributed by atoms with Gasteiger partial charge in [0, 0.05) is 0 Å². The Bertz CT molecular complexity index is 324. The standard InChI is InChI=1S/2C6H5.2H2O.Pb/c2*1-2-4-6-5-3-1;;;/h2*1-5H;2*1H2;. The number of hydrogen-bond acceptors (Lipinski definition) is 0. The monoisotopic (exact) mass is 398 g/mol. The number of benzene rings is 2. The van der Waals surface area contributed by atoms with Crippen LogP contribution < -0.4 is 6.25 Å². The van der Waals surface area contributed by atoms with Gasteiger partial charge in [0.2, 0.25) is 0 Å². The van der Waals surface area contributed by atoms with Crippen molar-refractivity contribution in [2.45, 2.75) is 0 Å². The molecule has 78 valence electrons. The van der Waals surface area contributed by atoms with Gasteiger partial charge in [-0.05, 0) is 0 Å². The van der Waals surface area contributed by atoms with E-state index in [9.17, 15) is 0 Å². The van der Waals surface area contributed by atoms with Crippen LogP contribution in [0, 0.1) is 0 Å². The maximum absolute atomic E-state index is 2.25. The predicted octanol–water partition coefficient (Wildman–Crippen LogP) is -0.308. The summed E-state index contributed by atoms with van der Waals surface area (Å²) in [5.41, 5.74) is 0. The van der Waals surface area contributed by atoms with E-state index >= 15 is 0 Å². The molecule has 0 atom stereocenters. The molecule has 0 unspecified atom stereocenters. The molecule has 0 aliphatic carbocycles. The second-order valence-corrected chi connectivity index (χ2v) is 8.32. The molecule has 2 aromatic carbocycles. The summed E-state index contributed by atoms with van der Waals surface area (Å²) in [4.78, 5) is 0. The van der Waals surface area contributed by atoms with Crippen LogP contribution >= 0.6 is 0 Å². The van der Waals surface area contributed by atoms with Gasteiger partial charge in [-0.1, -0.05) is 0 Å². The first-order chi connectivity index (χ1) is 6.45. The number of rotatable bonds is 2. The summed E-state index contributed by atoms with van der Waals surface area (Å²) in [5.74, 6) is 0. The van der Waals surface area contributed by atoms with Gasteiger partial charge in [-0.3, -0.25) is 0 Å². The fraction of sp³-hybridized carbons (Fsp3) is 0. The zero-order valence-electron chi connectivity index (χ0n) is 8.27. The van der Waals surface area contributed by atoms with Crippen molar-refractivity contribution in [3.8, 4) is 0 Å². The molecule has 0 saturated heterocycles. The molecule has 3 heteroatoms. The van der Waals surface area contributed by atoms with E-state index in [1.54, 1.807) is 6.25 Å². The van der Waals surface area contributed by atoms with Gasteiger partial charge in [-0.2, -0.15) is 0 Å². The first-order valence-corrected chi connectivity index (χ1v) is 8.21. The molecule has 0 aliphatic rings. The minimum absolute atomic E-state index is 0. The molecule has 0 fully saturated rings. The van der Waals surface area contributed by atoms with Gasteiger partial charge in [0.25, 0.3) is 0 Å². The Morgan fingerprint density at radius 3 is 1.20 bits per heavy atom. The fourth-order valence-electron chi connectivity index (χ4n) is 1.21. The van der Waals surface area contributed by atoms with Crippen molar-refractivity contribution in [3.63, 3.8) is 0 Å². The SMILES string of the molecule is O.O.c1cc[c]([Pb][c]2ccccc2)cc1. The van der Waals surface area contributed by atoms with Gasteiger partial charge in [0.15, 0.2) is 0 Å². The quantitative estimate of drug-likeness (QED) is 0.625. The summed E-state index contributed by atoms with van der Waals surface area (Å²) < 4.78 is 3.13. The minimum atomic E-state index is -0.740. The van der Waals surface area contributed by atoms with Crippen LogP contribution in [0.5, 0.6) is 0 Å². The van der Waals surface area contributed by atoms with Crippen LogP contribution in [0.2, 0.25) is 0 Å². The molecular weight excluding hydrogens is 383 g/mol. The molecule has 2 aromatic rings. The first kappa shape index (κ1) is 14.3. The Labute approximate surface area is 102 Å². The summed E-state index contributed by atoms with van der Waals surface area (Å²) in [7, 11) is 0. The zero-order chi connectivity index (χ0) is 8.93. The van der Waals surface area contributed by atoms with Gasteiger partial charge >= 0.3 is 91.1 Å². The van der Waals surface area contributed by atoms with Crippen molar-refractivity contribution in [2.24, 2.45) is 0 Å². The Kier molecular flexibility index (Phi) is 7.20. The second kappa shape index (κ2) is 7.56. The summed E-state index contributed by atoms with van der Waals surface area (Å²) >= 11 is -0.740. The van der Waals surface area contributed by atoms with Gasteiger partial charge in [0.05, 0.1) is 0 Å². The first-order valence-electron chi connectivity index (χ1n) is 4.32. The normalized spacial score (nSPS) is 8.53. The van der Waals surface area contributed by atoms with Crippen LogP contribution in [0.3, 0.4) is 0 Å². The van der Waals surface area contributed by atoms with Crippen LogP contribution in [0.4, 0.5) is 0 Å². The molecular formula is C12H14O2Pb. The molecule has 0 amide bonds. The van der Waals surface area contributed by atoms with Crippen molar-refractivity contribution in [1.29, 1.82) is 0 Å². The summed E-state index contributed by atoms with van der Waals surface area (Å²) in [6.45, 7) is 0. The molecule has 0 aromatic heterocycles. The maximum atomic E-state index is 2.25. The van der Waals surface area contributed by atoms with Crippen molar-refractivity contribution in [3.05, 3.63) is 60.7 Å². The van der Waals surface area contributed by atoms with Crippen molar-refractivity contribution in [2.75, 3.05) is 0 Å². The van der Waals surface area contributed by atoms with Gasteiger partial charge < -0.3 is 11.0 Å². The molecule has 0 heterocycles. The second-order valence-electron chi connectivity index (χ2n) is 2.86. The third-order valence-electron chi connectivity index (χ3n) is 1.84.